The van der Waals surface area contributed by atoms with E-state index in [-0.39, 0.29) is 17.3 Å². The highest BCUT2D eigenvalue weighted by molar-refractivity contribution is 5.58. The van der Waals surface area contributed by atoms with Crippen molar-refractivity contribution in [3.05, 3.63) is 23.7 Å². The van der Waals surface area contributed by atoms with E-state index in [1.165, 1.54) is 19.0 Å². The van der Waals surface area contributed by atoms with E-state index in [1.54, 1.807) is 6.92 Å². The molecule has 2 aromatic rings. The average molecular weight is 395 g/mol. The van der Waals surface area contributed by atoms with Gasteiger partial charge in [-0.2, -0.15) is 23.3 Å². The summed E-state index contributed by atoms with van der Waals surface area (Å²) in [7, 11) is 0. The lowest BCUT2D eigenvalue weighted by Gasteiger charge is -2.18. The van der Waals surface area contributed by atoms with E-state index in [0.717, 1.165) is 30.7 Å². The highest BCUT2D eigenvalue weighted by Crippen LogP contribution is 2.41. The second kappa shape index (κ2) is 8.46. The van der Waals surface area contributed by atoms with Crippen LogP contribution in [0.1, 0.15) is 50.8 Å². The Balaban J connectivity index is 0.000000406. The van der Waals surface area contributed by atoms with E-state index in [4.69, 9.17) is 5.26 Å². The molecule has 2 heterocycles. The van der Waals surface area contributed by atoms with Gasteiger partial charge in [-0.05, 0) is 32.6 Å². The van der Waals surface area contributed by atoms with E-state index < -0.39 is 11.7 Å². The molecular formula is C18H24F3N7. The SMILES string of the molecule is C#N.CC1CC1.Cc1[nH]ncc1Nc1ncc(C(F)(F)F)c(NC2(C)CC2)n1. The second-order valence-electron chi connectivity index (χ2n) is 7.36. The van der Waals surface area contributed by atoms with Gasteiger partial charge in [0.1, 0.15) is 11.4 Å². The van der Waals surface area contributed by atoms with Crippen LogP contribution in [0.15, 0.2) is 12.4 Å². The first kappa shape index (κ1) is 21.5. The van der Waals surface area contributed by atoms with Gasteiger partial charge in [-0.1, -0.05) is 19.8 Å². The number of hydrogen-bond donors (Lipinski definition) is 3. The van der Waals surface area contributed by atoms with Crippen LogP contribution in [0.25, 0.3) is 0 Å². The first-order chi connectivity index (χ1) is 13.2. The summed E-state index contributed by atoms with van der Waals surface area (Å²) in [4.78, 5) is 7.73. The van der Waals surface area contributed by atoms with E-state index in [9.17, 15) is 13.2 Å². The van der Waals surface area contributed by atoms with Gasteiger partial charge in [-0.15, -0.1) is 0 Å². The maximum atomic E-state index is 13.1. The van der Waals surface area contributed by atoms with Crippen LogP contribution in [-0.2, 0) is 6.18 Å². The van der Waals surface area contributed by atoms with Crippen molar-refractivity contribution < 1.29 is 13.2 Å². The molecule has 7 nitrogen and oxygen atoms in total. The van der Waals surface area contributed by atoms with Crippen molar-refractivity contribution in [2.24, 2.45) is 5.92 Å². The number of halogens is 3. The molecule has 10 heteroatoms. The van der Waals surface area contributed by atoms with E-state index in [1.807, 2.05) is 6.92 Å². The molecule has 2 fully saturated rings. The second-order valence-corrected chi connectivity index (χ2v) is 7.36. The van der Waals surface area contributed by atoms with Crippen LogP contribution in [0.2, 0.25) is 0 Å². The number of aromatic nitrogens is 4. The molecule has 0 unspecified atom stereocenters. The number of anilines is 3. The predicted octanol–water partition coefficient (Wildman–Crippen LogP) is 4.79. The monoisotopic (exact) mass is 395 g/mol. The molecule has 3 N–H and O–H groups in total. The molecule has 4 rings (SSSR count). The van der Waals surface area contributed by atoms with Gasteiger partial charge < -0.3 is 10.6 Å². The van der Waals surface area contributed by atoms with Gasteiger partial charge in [0.15, 0.2) is 0 Å². The Morgan fingerprint density at radius 2 is 1.86 bits per heavy atom. The van der Waals surface area contributed by atoms with Gasteiger partial charge in [-0.3, -0.25) is 5.10 Å². The minimum absolute atomic E-state index is 0.0873. The molecule has 0 aromatic carbocycles. The molecule has 2 saturated carbocycles. The summed E-state index contributed by atoms with van der Waals surface area (Å²) >= 11 is 0. The quantitative estimate of drug-likeness (QED) is 0.688. The number of hydrogen-bond acceptors (Lipinski definition) is 6. The van der Waals surface area contributed by atoms with Gasteiger partial charge in [0.2, 0.25) is 5.95 Å². The number of aromatic amines is 1. The summed E-state index contributed by atoms with van der Waals surface area (Å²) in [5.41, 5.74) is 0.169. The van der Waals surface area contributed by atoms with E-state index in [2.05, 4.69) is 44.3 Å². The summed E-state index contributed by atoms with van der Waals surface area (Å²) in [6, 6.07) is 0. The summed E-state index contributed by atoms with van der Waals surface area (Å²) in [5, 5.41) is 18.8. The Bertz CT molecular complexity index is 805. The molecule has 0 amide bonds. The van der Waals surface area contributed by atoms with Crippen LogP contribution in [0.4, 0.5) is 30.6 Å². The summed E-state index contributed by atoms with van der Waals surface area (Å²) in [6.45, 7) is 9.42. The Labute approximate surface area is 161 Å². The van der Waals surface area contributed by atoms with Gasteiger partial charge in [0.25, 0.3) is 0 Å². The van der Waals surface area contributed by atoms with Crippen molar-refractivity contribution in [2.45, 2.75) is 58.2 Å². The van der Waals surface area contributed by atoms with Gasteiger partial charge in [0, 0.05) is 18.3 Å². The van der Waals surface area contributed by atoms with Gasteiger partial charge in [0.05, 0.1) is 17.6 Å². The van der Waals surface area contributed by atoms with Crippen LogP contribution in [-0.4, -0.2) is 25.7 Å². The van der Waals surface area contributed by atoms with Crippen molar-refractivity contribution in [1.29, 1.82) is 5.26 Å². The largest absolute Gasteiger partial charge is 0.421 e. The third-order valence-electron chi connectivity index (χ3n) is 4.46. The van der Waals surface area contributed by atoms with Crippen molar-refractivity contribution in [1.82, 2.24) is 20.2 Å². The summed E-state index contributed by atoms with van der Waals surface area (Å²) in [5.74, 6) is 0.968. The Morgan fingerprint density at radius 1 is 1.25 bits per heavy atom. The molecule has 152 valence electrons. The van der Waals surface area contributed by atoms with Crippen LogP contribution in [0, 0.1) is 24.7 Å². The van der Waals surface area contributed by atoms with E-state index in [0.29, 0.717) is 5.69 Å². The molecule has 0 aliphatic heterocycles. The zero-order valence-electron chi connectivity index (χ0n) is 16.1. The lowest BCUT2D eigenvalue weighted by molar-refractivity contribution is -0.137. The molecule has 28 heavy (non-hydrogen) atoms. The fraction of sp³-hybridized carbons (Fsp3) is 0.556. The van der Waals surface area contributed by atoms with Crippen LogP contribution in [0.3, 0.4) is 0 Å². The van der Waals surface area contributed by atoms with Crippen molar-refractivity contribution in [3.8, 4) is 6.57 Å². The molecule has 0 atom stereocenters. The first-order valence-corrected chi connectivity index (χ1v) is 8.91. The van der Waals surface area contributed by atoms with E-state index >= 15 is 0 Å². The zero-order chi connectivity index (χ0) is 20.9. The average Bonchev–Trinajstić information content (AvgIpc) is 3.53. The maximum absolute atomic E-state index is 13.1. The van der Waals surface area contributed by atoms with Gasteiger partial charge >= 0.3 is 6.18 Å². The molecule has 0 saturated heterocycles. The topological polar surface area (TPSA) is 102 Å². The fourth-order valence-electron chi connectivity index (χ4n) is 2.11. The molecule has 2 aliphatic rings. The maximum Gasteiger partial charge on any atom is 0.421 e. The normalized spacial score (nSPS) is 16.7. The first-order valence-electron chi connectivity index (χ1n) is 8.91. The lowest BCUT2D eigenvalue weighted by Crippen LogP contribution is -2.21. The number of aryl methyl sites for hydroxylation is 1. The Kier molecular flexibility index (Phi) is 6.48. The highest BCUT2D eigenvalue weighted by atomic mass is 19.4. The third kappa shape index (κ3) is 6.11. The highest BCUT2D eigenvalue weighted by Gasteiger charge is 2.41. The number of nitrogens with zero attached hydrogens (tertiary/aromatic N) is 4. The standard InChI is InChI=1S/C13H15F3N6.C4H8.CHN/c1-7-9(6-18-22-7)19-11-17-5-8(13(14,15)16)10(20-11)21-12(2)3-4-12;1-4-2-3-4;1-2/h5-6H,3-4H2,1-2H3,(H,18,22)(H2,17,19,20,21);4H,2-3H2,1H3;1H. The Hall–Kier alpha value is -2.83. The smallest absolute Gasteiger partial charge is 0.364 e. The minimum atomic E-state index is -4.50. The number of H-pyrrole nitrogens is 1. The number of alkyl halides is 3. The molecule has 0 radical (unpaired) electrons. The third-order valence-corrected chi connectivity index (χ3v) is 4.46. The zero-order valence-corrected chi connectivity index (χ0v) is 16.1. The fourth-order valence-corrected chi connectivity index (χ4v) is 2.11. The molecule has 2 aromatic heterocycles. The lowest BCUT2D eigenvalue weighted by atomic mass is 10.2. The number of rotatable bonds is 4. The number of nitrogens with one attached hydrogen (secondary N) is 3. The minimum Gasteiger partial charge on any atom is -0.364 e. The van der Waals surface area contributed by atoms with Crippen molar-refractivity contribution in [3.63, 3.8) is 0 Å². The van der Waals surface area contributed by atoms with Crippen LogP contribution >= 0.6 is 0 Å². The predicted molar refractivity (Wildman–Crippen MR) is 100.0 cm³/mol. The Morgan fingerprint density at radius 3 is 2.29 bits per heavy atom. The summed E-state index contributed by atoms with van der Waals surface area (Å²) < 4.78 is 39.2. The molecule has 0 spiro atoms. The van der Waals surface area contributed by atoms with Crippen molar-refractivity contribution in [2.75, 3.05) is 10.6 Å². The van der Waals surface area contributed by atoms with Crippen LogP contribution < -0.4 is 10.6 Å². The molecule has 2 aliphatic carbocycles. The molecular weight excluding hydrogens is 371 g/mol. The van der Waals surface area contributed by atoms with Crippen LogP contribution in [0.5, 0.6) is 0 Å². The van der Waals surface area contributed by atoms with Crippen molar-refractivity contribution >= 4 is 17.5 Å². The number of nitriles is 1. The van der Waals surface area contributed by atoms with Gasteiger partial charge in [-0.25, -0.2) is 10.2 Å². The molecule has 0 bridgehead atoms. The summed E-state index contributed by atoms with van der Waals surface area (Å²) in [6.07, 6.45) is 2.41.